The van der Waals surface area contributed by atoms with E-state index in [4.69, 9.17) is 34.8 Å². The number of benzene rings is 2. The Morgan fingerprint density at radius 3 is 2.32 bits per heavy atom. The zero-order chi connectivity index (χ0) is 14.0. The first-order valence-electron chi connectivity index (χ1n) is 5.41. The maximum atomic E-state index is 13.6. The van der Waals surface area contributed by atoms with Crippen LogP contribution in [0.2, 0.25) is 15.1 Å². The topological polar surface area (TPSA) is 17.1 Å². The average Bonchev–Trinajstić information content (AvgIpc) is 2.37. The van der Waals surface area contributed by atoms with Crippen molar-refractivity contribution in [2.24, 2.45) is 0 Å². The van der Waals surface area contributed by atoms with E-state index in [2.05, 4.69) is 0 Å². The summed E-state index contributed by atoms with van der Waals surface area (Å²) >= 11 is 17.7. The van der Waals surface area contributed by atoms with Crippen LogP contribution in [0.15, 0.2) is 36.4 Å². The number of carbonyl (C=O) groups is 1. The van der Waals surface area contributed by atoms with Gasteiger partial charge in [0.25, 0.3) is 0 Å². The van der Waals surface area contributed by atoms with Gasteiger partial charge in [0.2, 0.25) is 0 Å². The highest BCUT2D eigenvalue weighted by Crippen LogP contribution is 2.28. The van der Waals surface area contributed by atoms with Gasteiger partial charge in [-0.25, -0.2) is 4.39 Å². The van der Waals surface area contributed by atoms with Crippen molar-refractivity contribution >= 4 is 40.6 Å². The predicted octanol–water partition coefficient (Wildman–Crippen LogP) is 5.21. The maximum Gasteiger partial charge on any atom is 0.168 e. The molecule has 0 aromatic heterocycles. The molecule has 0 atom stereocenters. The molecule has 2 rings (SSSR count). The van der Waals surface area contributed by atoms with Crippen molar-refractivity contribution in [2.45, 2.75) is 6.42 Å². The van der Waals surface area contributed by atoms with Crippen LogP contribution in [0.3, 0.4) is 0 Å². The molecule has 0 aliphatic rings. The van der Waals surface area contributed by atoms with Gasteiger partial charge < -0.3 is 0 Å². The third-order valence-electron chi connectivity index (χ3n) is 2.65. The second kappa shape index (κ2) is 5.91. The van der Waals surface area contributed by atoms with Crippen molar-refractivity contribution in [1.82, 2.24) is 0 Å². The molecule has 2 aromatic rings. The van der Waals surface area contributed by atoms with Gasteiger partial charge in [0, 0.05) is 22.6 Å². The third kappa shape index (κ3) is 3.08. The Balaban J connectivity index is 2.34. The summed E-state index contributed by atoms with van der Waals surface area (Å²) in [7, 11) is 0. The number of rotatable bonds is 3. The summed E-state index contributed by atoms with van der Waals surface area (Å²) in [6, 6.07) is 9.02. The van der Waals surface area contributed by atoms with Crippen LogP contribution < -0.4 is 0 Å². The van der Waals surface area contributed by atoms with Crippen LogP contribution in [0, 0.1) is 5.82 Å². The SMILES string of the molecule is O=C(Cc1c(F)cccc1Cl)c1cccc(Cl)c1Cl. The lowest BCUT2D eigenvalue weighted by molar-refractivity contribution is 0.0992. The second-order valence-electron chi connectivity index (χ2n) is 3.90. The van der Waals surface area contributed by atoms with Gasteiger partial charge in [-0.15, -0.1) is 0 Å². The summed E-state index contributed by atoms with van der Waals surface area (Å²) in [5.41, 5.74) is 0.415. The summed E-state index contributed by atoms with van der Waals surface area (Å²) in [6.45, 7) is 0. The predicted molar refractivity (Wildman–Crippen MR) is 75.9 cm³/mol. The number of carbonyl (C=O) groups excluding carboxylic acids is 1. The quantitative estimate of drug-likeness (QED) is 0.710. The smallest absolute Gasteiger partial charge is 0.168 e. The lowest BCUT2D eigenvalue weighted by Crippen LogP contribution is -2.06. The van der Waals surface area contributed by atoms with Gasteiger partial charge in [0.05, 0.1) is 10.0 Å². The van der Waals surface area contributed by atoms with Gasteiger partial charge in [-0.05, 0) is 24.3 Å². The average molecular weight is 318 g/mol. The van der Waals surface area contributed by atoms with Crippen LogP contribution in [-0.2, 0) is 6.42 Å². The highest BCUT2D eigenvalue weighted by atomic mass is 35.5. The lowest BCUT2D eigenvalue weighted by atomic mass is 10.0. The second-order valence-corrected chi connectivity index (χ2v) is 5.09. The van der Waals surface area contributed by atoms with Gasteiger partial charge in [-0.3, -0.25) is 4.79 Å². The molecule has 0 saturated heterocycles. The van der Waals surface area contributed by atoms with E-state index < -0.39 is 5.82 Å². The molecule has 0 bridgehead atoms. The molecule has 0 saturated carbocycles. The van der Waals surface area contributed by atoms with E-state index in [1.807, 2.05) is 0 Å². The summed E-state index contributed by atoms with van der Waals surface area (Å²) < 4.78 is 13.6. The number of Topliss-reactive ketones (excluding diaryl/α,β-unsaturated/α-hetero) is 1. The zero-order valence-electron chi connectivity index (χ0n) is 9.59. The van der Waals surface area contributed by atoms with Crippen molar-refractivity contribution in [1.29, 1.82) is 0 Å². The fraction of sp³-hybridized carbons (Fsp3) is 0.0714. The van der Waals surface area contributed by atoms with Crippen molar-refractivity contribution < 1.29 is 9.18 Å². The molecule has 0 fully saturated rings. The molecule has 1 nitrogen and oxygen atoms in total. The Labute approximate surface area is 124 Å². The first-order valence-corrected chi connectivity index (χ1v) is 6.54. The molecule has 98 valence electrons. The highest BCUT2D eigenvalue weighted by Gasteiger charge is 2.16. The fourth-order valence-corrected chi connectivity index (χ4v) is 2.31. The summed E-state index contributed by atoms with van der Waals surface area (Å²) in [5.74, 6) is -0.849. The van der Waals surface area contributed by atoms with Crippen LogP contribution >= 0.6 is 34.8 Å². The number of hydrogen-bond acceptors (Lipinski definition) is 1. The number of ketones is 1. The zero-order valence-corrected chi connectivity index (χ0v) is 11.9. The first kappa shape index (κ1) is 14.3. The van der Waals surface area contributed by atoms with E-state index in [1.54, 1.807) is 18.2 Å². The maximum absolute atomic E-state index is 13.6. The molecule has 5 heteroatoms. The normalized spacial score (nSPS) is 10.5. The Hall–Kier alpha value is -1.09. The largest absolute Gasteiger partial charge is 0.294 e. The minimum Gasteiger partial charge on any atom is -0.294 e. The first-order chi connectivity index (χ1) is 9.00. The molecule has 19 heavy (non-hydrogen) atoms. The fourth-order valence-electron chi connectivity index (χ4n) is 1.68. The van der Waals surface area contributed by atoms with Crippen LogP contribution in [0.5, 0.6) is 0 Å². The molecule has 0 radical (unpaired) electrons. The third-order valence-corrected chi connectivity index (χ3v) is 3.82. The van der Waals surface area contributed by atoms with Crippen molar-refractivity contribution in [3.63, 3.8) is 0 Å². The summed E-state index contributed by atoms with van der Waals surface area (Å²) in [6.07, 6.45) is -0.161. The molecular formula is C14H8Cl3FO. The van der Waals surface area contributed by atoms with Gasteiger partial charge in [0.15, 0.2) is 5.78 Å². The van der Waals surface area contributed by atoms with Crippen LogP contribution in [0.25, 0.3) is 0 Å². The van der Waals surface area contributed by atoms with Crippen molar-refractivity contribution in [2.75, 3.05) is 0 Å². The molecule has 0 heterocycles. The van der Waals surface area contributed by atoms with E-state index in [9.17, 15) is 9.18 Å². The van der Waals surface area contributed by atoms with E-state index in [1.165, 1.54) is 18.2 Å². The molecule has 0 N–H and O–H groups in total. The summed E-state index contributed by atoms with van der Waals surface area (Å²) in [4.78, 5) is 12.1. The Kier molecular flexibility index (Phi) is 4.46. The van der Waals surface area contributed by atoms with E-state index >= 15 is 0 Å². The van der Waals surface area contributed by atoms with E-state index in [0.29, 0.717) is 0 Å². The molecule has 0 aliphatic heterocycles. The van der Waals surface area contributed by atoms with Gasteiger partial charge in [-0.2, -0.15) is 0 Å². The molecule has 0 amide bonds. The van der Waals surface area contributed by atoms with Gasteiger partial charge in [-0.1, -0.05) is 46.9 Å². The standard InChI is InChI=1S/C14H8Cl3FO/c15-10-4-2-6-12(18)9(10)7-13(19)8-3-1-5-11(16)14(8)17/h1-6H,7H2. The molecular weight excluding hydrogens is 310 g/mol. The minimum absolute atomic E-state index is 0.158. The van der Waals surface area contributed by atoms with Crippen LogP contribution in [0.1, 0.15) is 15.9 Å². The molecule has 0 aliphatic carbocycles. The highest BCUT2D eigenvalue weighted by molar-refractivity contribution is 6.44. The van der Waals surface area contributed by atoms with Crippen LogP contribution in [-0.4, -0.2) is 5.78 Å². The molecule has 2 aromatic carbocycles. The number of halogens is 4. The monoisotopic (exact) mass is 316 g/mol. The lowest BCUT2D eigenvalue weighted by Gasteiger charge is -2.07. The van der Waals surface area contributed by atoms with E-state index in [-0.39, 0.29) is 38.4 Å². The Bertz CT molecular complexity index is 620. The summed E-state index contributed by atoms with van der Waals surface area (Å²) in [5, 5.41) is 0.667. The Morgan fingerprint density at radius 2 is 1.63 bits per heavy atom. The minimum atomic E-state index is -0.515. The van der Waals surface area contributed by atoms with Gasteiger partial charge >= 0.3 is 0 Å². The molecule has 0 spiro atoms. The van der Waals surface area contributed by atoms with Crippen LogP contribution in [0.4, 0.5) is 4.39 Å². The van der Waals surface area contributed by atoms with Crippen molar-refractivity contribution in [3.05, 3.63) is 68.4 Å². The van der Waals surface area contributed by atoms with Gasteiger partial charge in [0.1, 0.15) is 5.82 Å². The number of hydrogen-bond donors (Lipinski definition) is 0. The Morgan fingerprint density at radius 1 is 1.00 bits per heavy atom. The molecule has 0 unspecified atom stereocenters. The van der Waals surface area contributed by atoms with Crippen molar-refractivity contribution in [3.8, 4) is 0 Å². The van der Waals surface area contributed by atoms with E-state index in [0.717, 1.165) is 0 Å².